The zero-order valence-corrected chi connectivity index (χ0v) is 14.7. The molecule has 2 saturated heterocycles. The lowest BCUT2D eigenvalue weighted by Gasteiger charge is -2.35. The fourth-order valence-corrected chi connectivity index (χ4v) is 4.21. The second kappa shape index (κ2) is 7.05. The zero-order chi connectivity index (χ0) is 16.4. The number of rotatable bonds is 3. The van der Waals surface area contributed by atoms with Gasteiger partial charge in [0.2, 0.25) is 0 Å². The van der Waals surface area contributed by atoms with Crippen LogP contribution in [-0.4, -0.2) is 57.4 Å². The second-order valence-electron chi connectivity index (χ2n) is 7.35. The maximum Gasteiger partial charge on any atom is 0.163 e. The number of fused-ring (bicyclic) bond motifs is 1. The van der Waals surface area contributed by atoms with Crippen LogP contribution in [0.3, 0.4) is 0 Å². The Morgan fingerprint density at radius 1 is 1.00 bits per heavy atom. The van der Waals surface area contributed by atoms with E-state index in [9.17, 15) is 0 Å². The highest BCUT2D eigenvalue weighted by Crippen LogP contribution is 2.27. The van der Waals surface area contributed by atoms with Gasteiger partial charge in [0.1, 0.15) is 12.1 Å². The van der Waals surface area contributed by atoms with Crippen LogP contribution in [0.2, 0.25) is 0 Å². The normalized spacial score (nSPS) is 21.3. The van der Waals surface area contributed by atoms with Gasteiger partial charge in [0.25, 0.3) is 0 Å². The third-order valence-electron chi connectivity index (χ3n) is 5.64. The van der Waals surface area contributed by atoms with Crippen LogP contribution < -0.4 is 4.90 Å². The summed E-state index contributed by atoms with van der Waals surface area (Å²) in [6, 6.07) is 0. The molecule has 0 aliphatic carbocycles. The van der Waals surface area contributed by atoms with E-state index in [-0.39, 0.29) is 0 Å². The second-order valence-corrected chi connectivity index (χ2v) is 7.35. The highest BCUT2D eigenvalue weighted by molar-refractivity contribution is 5.86. The lowest BCUT2D eigenvalue weighted by Crippen LogP contribution is -2.39. The van der Waals surface area contributed by atoms with Crippen LogP contribution in [0.5, 0.6) is 0 Å². The topological polar surface area (TPSA) is 50.1 Å². The first-order chi connectivity index (χ1) is 11.8. The third kappa shape index (κ3) is 3.24. The SMILES string of the molecule is Cn1ncc2c(N3CCC(CN4CCCCCC4)CC3)ncnc21. The van der Waals surface area contributed by atoms with E-state index in [2.05, 4.69) is 24.9 Å². The van der Waals surface area contributed by atoms with Gasteiger partial charge in [0, 0.05) is 26.7 Å². The molecule has 4 rings (SSSR count). The molecule has 0 spiro atoms. The summed E-state index contributed by atoms with van der Waals surface area (Å²) in [5.41, 5.74) is 0.923. The van der Waals surface area contributed by atoms with Crippen LogP contribution in [0.15, 0.2) is 12.5 Å². The highest BCUT2D eigenvalue weighted by atomic mass is 15.3. The summed E-state index contributed by atoms with van der Waals surface area (Å²) in [6.07, 6.45) is 11.7. The molecule has 2 aliphatic heterocycles. The van der Waals surface area contributed by atoms with Crippen molar-refractivity contribution in [1.82, 2.24) is 24.6 Å². The fraction of sp³-hybridized carbons (Fsp3) is 0.722. The Balaban J connectivity index is 1.38. The molecule has 4 heterocycles. The molecule has 0 amide bonds. The number of hydrogen-bond donors (Lipinski definition) is 0. The van der Waals surface area contributed by atoms with Crippen molar-refractivity contribution in [2.75, 3.05) is 37.6 Å². The van der Waals surface area contributed by atoms with Crippen molar-refractivity contribution in [3.63, 3.8) is 0 Å². The van der Waals surface area contributed by atoms with Crippen LogP contribution in [-0.2, 0) is 7.05 Å². The minimum Gasteiger partial charge on any atom is -0.356 e. The maximum atomic E-state index is 4.55. The Kier molecular flexibility index (Phi) is 4.65. The van der Waals surface area contributed by atoms with Gasteiger partial charge >= 0.3 is 0 Å². The fourth-order valence-electron chi connectivity index (χ4n) is 4.21. The quantitative estimate of drug-likeness (QED) is 0.866. The van der Waals surface area contributed by atoms with Crippen molar-refractivity contribution >= 4 is 16.9 Å². The number of aromatic nitrogens is 4. The Labute approximate surface area is 143 Å². The number of hydrogen-bond acceptors (Lipinski definition) is 5. The molecule has 0 N–H and O–H groups in total. The Morgan fingerprint density at radius 2 is 1.75 bits per heavy atom. The van der Waals surface area contributed by atoms with Gasteiger partial charge in [-0.05, 0) is 44.7 Å². The lowest BCUT2D eigenvalue weighted by atomic mass is 9.96. The number of likely N-dealkylation sites (tertiary alicyclic amines) is 1. The van der Waals surface area contributed by atoms with Crippen molar-refractivity contribution < 1.29 is 0 Å². The summed E-state index contributed by atoms with van der Waals surface area (Å²) in [6.45, 7) is 6.10. The largest absolute Gasteiger partial charge is 0.356 e. The van der Waals surface area contributed by atoms with Gasteiger partial charge < -0.3 is 9.80 Å². The molecule has 130 valence electrons. The van der Waals surface area contributed by atoms with Gasteiger partial charge in [-0.2, -0.15) is 5.10 Å². The predicted molar refractivity (Wildman–Crippen MR) is 96.1 cm³/mol. The van der Waals surface area contributed by atoms with Crippen LogP contribution in [0.4, 0.5) is 5.82 Å². The van der Waals surface area contributed by atoms with Gasteiger partial charge in [-0.3, -0.25) is 4.68 Å². The minimum atomic E-state index is 0.838. The van der Waals surface area contributed by atoms with Crippen molar-refractivity contribution in [2.24, 2.45) is 13.0 Å². The third-order valence-corrected chi connectivity index (χ3v) is 5.64. The number of piperidine rings is 1. The molecule has 0 bridgehead atoms. The van der Waals surface area contributed by atoms with Crippen LogP contribution in [0.25, 0.3) is 11.0 Å². The van der Waals surface area contributed by atoms with E-state index in [0.717, 1.165) is 35.9 Å². The van der Waals surface area contributed by atoms with Crippen molar-refractivity contribution in [3.8, 4) is 0 Å². The van der Waals surface area contributed by atoms with Crippen LogP contribution in [0.1, 0.15) is 38.5 Å². The van der Waals surface area contributed by atoms with E-state index < -0.39 is 0 Å². The van der Waals surface area contributed by atoms with E-state index in [1.54, 1.807) is 6.33 Å². The van der Waals surface area contributed by atoms with Gasteiger partial charge in [-0.1, -0.05) is 12.8 Å². The van der Waals surface area contributed by atoms with E-state index in [0.29, 0.717) is 0 Å². The number of nitrogens with zero attached hydrogens (tertiary/aromatic N) is 6. The van der Waals surface area contributed by atoms with Crippen molar-refractivity contribution in [2.45, 2.75) is 38.5 Å². The molecule has 0 unspecified atom stereocenters. The molecule has 6 nitrogen and oxygen atoms in total. The molecule has 0 atom stereocenters. The molecule has 24 heavy (non-hydrogen) atoms. The lowest BCUT2D eigenvalue weighted by molar-refractivity contribution is 0.218. The Morgan fingerprint density at radius 3 is 2.50 bits per heavy atom. The molecular formula is C18H28N6. The van der Waals surface area contributed by atoms with Crippen molar-refractivity contribution in [1.29, 1.82) is 0 Å². The van der Waals surface area contributed by atoms with Crippen molar-refractivity contribution in [3.05, 3.63) is 12.5 Å². The monoisotopic (exact) mass is 328 g/mol. The molecule has 2 aromatic heterocycles. The summed E-state index contributed by atoms with van der Waals surface area (Å²) < 4.78 is 1.83. The number of aryl methyl sites for hydroxylation is 1. The van der Waals surface area contributed by atoms with Gasteiger partial charge in [-0.15, -0.1) is 0 Å². The van der Waals surface area contributed by atoms with E-state index >= 15 is 0 Å². The molecule has 0 aromatic carbocycles. The number of anilines is 1. The molecule has 6 heteroatoms. The van der Waals surface area contributed by atoms with E-state index in [4.69, 9.17) is 0 Å². The first-order valence-electron chi connectivity index (χ1n) is 9.41. The molecule has 2 fully saturated rings. The molecule has 2 aliphatic rings. The van der Waals surface area contributed by atoms with Gasteiger partial charge in [0.15, 0.2) is 5.65 Å². The highest BCUT2D eigenvalue weighted by Gasteiger charge is 2.24. The average molecular weight is 328 g/mol. The maximum absolute atomic E-state index is 4.55. The van der Waals surface area contributed by atoms with Gasteiger partial charge in [-0.25, -0.2) is 9.97 Å². The Hall–Kier alpha value is -1.69. The van der Waals surface area contributed by atoms with E-state index in [1.807, 2.05) is 17.9 Å². The minimum absolute atomic E-state index is 0.838. The summed E-state index contributed by atoms with van der Waals surface area (Å²) in [5, 5.41) is 5.41. The zero-order valence-electron chi connectivity index (χ0n) is 14.7. The molecule has 0 radical (unpaired) electrons. The smallest absolute Gasteiger partial charge is 0.163 e. The Bertz CT molecular complexity index is 665. The molecular weight excluding hydrogens is 300 g/mol. The van der Waals surface area contributed by atoms with E-state index in [1.165, 1.54) is 58.2 Å². The molecule has 0 saturated carbocycles. The predicted octanol–water partition coefficient (Wildman–Crippen LogP) is 2.46. The summed E-state index contributed by atoms with van der Waals surface area (Å²) >= 11 is 0. The first-order valence-corrected chi connectivity index (χ1v) is 9.41. The summed E-state index contributed by atoms with van der Waals surface area (Å²) in [5.74, 6) is 1.90. The van der Waals surface area contributed by atoms with Gasteiger partial charge in [0.05, 0.1) is 11.6 Å². The summed E-state index contributed by atoms with van der Waals surface area (Å²) in [4.78, 5) is 14.0. The molecule has 2 aromatic rings. The average Bonchev–Trinajstić information content (AvgIpc) is 2.82. The first kappa shape index (κ1) is 15.8. The van der Waals surface area contributed by atoms with Crippen LogP contribution in [0, 0.1) is 5.92 Å². The summed E-state index contributed by atoms with van der Waals surface area (Å²) in [7, 11) is 1.94. The standard InChI is InChI=1S/C18H28N6/c1-22-17-16(12-21-22)18(20-14-19-17)24-10-6-15(7-11-24)13-23-8-4-2-3-5-9-23/h12,14-15H,2-11,13H2,1H3. The van der Waals surface area contributed by atoms with Crippen LogP contribution >= 0.6 is 0 Å².